The monoisotopic (exact) mass is 295 g/mol. The first-order valence-electron chi connectivity index (χ1n) is 8.02. The van der Waals surface area contributed by atoms with Crippen LogP contribution in [0, 0.1) is 0 Å². The Bertz CT molecular complexity index is 429. The Morgan fingerprint density at radius 3 is 2.67 bits per heavy atom. The van der Waals surface area contributed by atoms with E-state index in [1.54, 1.807) is 6.33 Å². The Kier molecular flexibility index (Phi) is 5.72. The van der Waals surface area contributed by atoms with Crippen LogP contribution in [0.4, 0.5) is 0 Å². The number of likely N-dealkylation sites (N-methyl/N-ethyl adjacent to an activating group) is 1. The van der Waals surface area contributed by atoms with Gasteiger partial charge in [-0.05, 0) is 27.3 Å². The molecule has 6 nitrogen and oxygen atoms in total. The first kappa shape index (κ1) is 16.4. The molecule has 2 atom stereocenters. The molecule has 0 saturated carbocycles. The lowest BCUT2D eigenvalue weighted by atomic mass is 9.84. The molecular weight excluding hydrogens is 266 g/mol. The highest BCUT2D eigenvalue weighted by atomic mass is 16.5. The summed E-state index contributed by atoms with van der Waals surface area (Å²) in [7, 11) is 2.05. The Balaban J connectivity index is 2.16. The van der Waals surface area contributed by atoms with Gasteiger partial charge in [0.2, 0.25) is 0 Å². The maximum Gasteiger partial charge on any atom is 0.138 e. The molecule has 6 heteroatoms. The van der Waals surface area contributed by atoms with E-state index in [4.69, 9.17) is 4.74 Å². The van der Waals surface area contributed by atoms with Gasteiger partial charge in [0.1, 0.15) is 12.2 Å². The molecule has 0 aliphatic carbocycles. The van der Waals surface area contributed by atoms with Crippen LogP contribution < -0.4 is 5.32 Å². The molecule has 0 amide bonds. The Morgan fingerprint density at radius 1 is 1.38 bits per heavy atom. The highest BCUT2D eigenvalue weighted by Crippen LogP contribution is 2.26. The van der Waals surface area contributed by atoms with E-state index in [0.29, 0.717) is 6.04 Å². The van der Waals surface area contributed by atoms with Crippen LogP contribution in [-0.2, 0) is 17.7 Å². The van der Waals surface area contributed by atoms with E-state index < -0.39 is 0 Å². The summed E-state index contributed by atoms with van der Waals surface area (Å²) < 4.78 is 7.49. The van der Waals surface area contributed by atoms with Crippen molar-refractivity contribution in [1.29, 1.82) is 0 Å². The summed E-state index contributed by atoms with van der Waals surface area (Å²) in [6.45, 7) is 11.3. The van der Waals surface area contributed by atoms with Gasteiger partial charge in [-0.15, -0.1) is 0 Å². The fourth-order valence-corrected chi connectivity index (χ4v) is 3.29. The van der Waals surface area contributed by atoms with Crippen LogP contribution in [0.1, 0.15) is 33.0 Å². The average molecular weight is 295 g/mol. The van der Waals surface area contributed by atoms with Crippen molar-refractivity contribution in [2.45, 2.75) is 51.7 Å². The van der Waals surface area contributed by atoms with Crippen molar-refractivity contribution in [3.63, 3.8) is 0 Å². The Labute approximate surface area is 127 Å². The predicted octanol–water partition coefficient (Wildman–Crippen LogP) is 0.929. The number of morpholine rings is 1. The number of aromatic nitrogens is 3. The second kappa shape index (κ2) is 7.33. The van der Waals surface area contributed by atoms with E-state index >= 15 is 0 Å². The van der Waals surface area contributed by atoms with E-state index in [2.05, 4.69) is 41.1 Å². The molecule has 1 fully saturated rings. The standard InChI is InChI=1S/C15H29N5O/c1-5-15(3,19-7-9-21-10-8-19)13(16-4)11-14-17-12-18-20(14)6-2/h12-13,16H,5-11H2,1-4H3. The quantitative estimate of drug-likeness (QED) is 0.811. The lowest BCUT2D eigenvalue weighted by Crippen LogP contribution is -2.62. The molecule has 120 valence electrons. The number of ether oxygens (including phenoxy) is 1. The van der Waals surface area contributed by atoms with Crippen LogP contribution in [0.15, 0.2) is 6.33 Å². The van der Waals surface area contributed by atoms with Gasteiger partial charge in [0.05, 0.1) is 13.2 Å². The highest BCUT2D eigenvalue weighted by molar-refractivity contribution is 5.02. The van der Waals surface area contributed by atoms with Crippen molar-refractivity contribution in [2.75, 3.05) is 33.4 Å². The number of aryl methyl sites for hydroxylation is 1. The summed E-state index contributed by atoms with van der Waals surface area (Å²) in [4.78, 5) is 7.00. The van der Waals surface area contributed by atoms with Gasteiger partial charge in [-0.2, -0.15) is 5.10 Å². The van der Waals surface area contributed by atoms with E-state index in [-0.39, 0.29) is 5.54 Å². The molecule has 1 aromatic heterocycles. The van der Waals surface area contributed by atoms with Crippen molar-refractivity contribution in [3.05, 3.63) is 12.2 Å². The van der Waals surface area contributed by atoms with Crippen molar-refractivity contribution < 1.29 is 4.74 Å². The van der Waals surface area contributed by atoms with Gasteiger partial charge in [-0.3, -0.25) is 9.58 Å². The van der Waals surface area contributed by atoms with Gasteiger partial charge in [0.15, 0.2) is 0 Å². The molecule has 1 aliphatic rings. The molecule has 0 radical (unpaired) electrons. The van der Waals surface area contributed by atoms with Gasteiger partial charge in [0.25, 0.3) is 0 Å². The highest BCUT2D eigenvalue weighted by Gasteiger charge is 2.38. The summed E-state index contributed by atoms with van der Waals surface area (Å²) in [6, 6.07) is 0.343. The van der Waals surface area contributed by atoms with Crippen LogP contribution in [0.2, 0.25) is 0 Å². The van der Waals surface area contributed by atoms with Crippen molar-refractivity contribution in [2.24, 2.45) is 0 Å². The molecule has 2 unspecified atom stereocenters. The van der Waals surface area contributed by atoms with Crippen molar-refractivity contribution in [3.8, 4) is 0 Å². The molecule has 1 aliphatic heterocycles. The molecule has 0 spiro atoms. The maximum absolute atomic E-state index is 5.51. The summed E-state index contributed by atoms with van der Waals surface area (Å²) in [5, 5.41) is 7.80. The molecule has 21 heavy (non-hydrogen) atoms. The first-order valence-corrected chi connectivity index (χ1v) is 8.02. The van der Waals surface area contributed by atoms with Gasteiger partial charge in [-0.25, -0.2) is 4.98 Å². The third-order valence-corrected chi connectivity index (χ3v) is 4.93. The minimum Gasteiger partial charge on any atom is -0.379 e. The second-order valence-corrected chi connectivity index (χ2v) is 5.85. The molecule has 1 saturated heterocycles. The van der Waals surface area contributed by atoms with Gasteiger partial charge < -0.3 is 10.1 Å². The molecule has 1 aromatic rings. The molecule has 2 rings (SSSR count). The zero-order chi connectivity index (χ0) is 15.3. The number of hydrogen-bond donors (Lipinski definition) is 1. The van der Waals surface area contributed by atoms with Gasteiger partial charge in [-0.1, -0.05) is 6.92 Å². The number of rotatable bonds is 7. The number of nitrogens with one attached hydrogen (secondary N) is 1. The number of nitrogens with zero attached hydrogens (tertiary/aromatic N) is 4. The molecule has 0 aromatic carbocycles. The zero-order valence-corrected chi connectivity index (χ0v) is 13.8. The van der Waals surface area contributed by atoms with E-state index in [1.807, 2.05) is 11.7 Å². The second-order valence-electron chi connectivity index (χ2n) is 5.85. The minimum absolute atomic E-state index is 0.100. The average Bonchev–Trinajstić information content (AvgIpc) is 3.00. The minimum atomic E-state index is 0.100. The Hall–Kier alpha value is -0.980. The smallest absolute Gasteiger partial charge is 0.138 e. The fraction of sp³-hybridized carbons (Fsp3) is 0.867. The maximum atomic E-state index is 5.51. The summed E-state index contributed by atoms with van der Waals surface area (Å²) >= 11 is 0. The van der Waals surface area contributed by atoms with Crippen LogP contribution in [0.5, 0.6) is 0 Å². The van der Waals surface area contributed by atoms with Crippen LogP contribution in [0.3, 0.4) is 0 Å². The Morgan fingerprint density at radius 2 is 2.10 bits per heavy atom. The third-order valence-electron chi connectivity index (χ3n) is 4.93. The third kappa shape index (κ3) is 3.44. The van der Waals surface area contributed by atoms with Crippen LogP contribution in [-0.4, -0.2) is 64.6 Å². The van der Waals surface area contributed by atoms with E-state index in [9.17, 15) is 0 Å². The van der Waals surface area contributed by atoms with Crippen molar-refractivity contribution in [1.82, 2.24) is 25.0 Å². The SMILES string of the molecule is CCn1ncnc1CC(NC)C(C)(CC)N1CCOCC1. The zero-order valence-electron chi connectivity index (χ0n) is 13.8. The topological polar surface area (TPSA) is 55.2 Å². The lowest BCUT2D eigenvalue weighted by Gasteiger charge is -2.47. The molecule has 0 bridgehead atoms. The summed E-state index contributed by atoms with van der Waals surface area (Å²) in [5.74, 6) is 1.06. The van der Waals surface area contributed by atoms with Crippen LogP contribution in [0.25, 0.3) is 0 Å². The molecular formula is C15H29N5O. The van der Waals surface area contributed by atoms with E-state index in [1.165, 1.54) is 0 Å². The predicted molar refractivity (Wildman–Crippen MR) is 83.3 cm³/mol. The van der Waals surface area contributed by atoms with Crippen molar-refractivity contribution >= 4 is 0 Å². The van der Waals surface area contributed by atoms with Crippen LogP contribution >= 0.6 is 0 Å². The van der Waals surface area contributed by atoms with Gasteiger partial charge >= 0.3 is 0 Å². The molecule has 1 N–H and O–H groups in total. The summed E-state index contributed by atoms with van der Waals surface area (Å²) in [6.07, 6.45) is 3.65. The molecule has 2 heterocycles. The first-order chi connectivity index (χ1) is 10.2. The summed E-state index contributed by atoms with van der Waals surface area (Å²) in [5.41, 5.74) is 0.100. The largest absolute Gasteiger partial charge is 0.379 e. The normalized spacial score (nSPS) is 21.1. The number of hydrogen-bond acceptors (Lipinski definition) is 5. The lowest BCUT2D eigenvalue weighted by molar-refractivity contribution is -0.0316. The van der Waals surface area contributed by atoms with Gasteiger partial charge in [0, 0.05) is 37.6 Å². The fourth-order valence-electron chi connectivity index (χ4n) is 3.29. The van der Waals surface area contributed by atoms with E-state index in [0.717, 1.165) is 51.5 Å².